The zero-order chi connectivity index (χ0) is 23.7. The Morgan fingerprint density at radius 1 is 1.09 bits per heavy atom. The summed E-state index contributed by atoms with van der Waals surface area (Å²) >= 11 is 3.26. The van der Waals surface area contributed by atoms with Gasteiger partial charge >= 0.3 is 0 Å². The third kappa shape index (κ3) is 3.37. The molecule has 0 bridgehead atoms. The molecule has 10 nitrogen and oxygen atoms in total. The summed E-state index contributed by atoms with van der Waals surface area (Å²) in [6.07, 6.45) is 0.525. The molecule has 1 aromatic carbocycles. The molecule has 162 valence electrons. The topological polar surface area (TPSA) is 152 Å². The highest BCUT2D eigenvalue weighted by atomic mass is 79.9. The molecule has 0 unspecified atom stereocenters. The molecular weight excluding hydrogens is 480 g/mol. The molecule has 0 saturated carbocycles. The van der Waals surface area contributed by atoms with E-state index in [1.165, 1.54) is 13.0 Å². The molecule has 0 aliphatic carbocycles. The normalized spacial score (nSPS) is 12.9. The summed E-state index contributed by atoms with van der Waals surface area (Å²) in [7, 11) is 0. The van der Waals surface area contributed by atoms with Crippen molar-refractivity contribution < 1.29 is 14.7 Å². The zero-order valence-corrected chi connectivity index (χ0v) is 19.0. The van der Waals surface area contributed by atoms with E-state index in [4.69, 9.17) is 0 Å². The van der Waals surface area contributed by atoms with Crippen molar-refractivity contribution in [2.75, 3.05) is 6.54 Å². The number of halogens is 1. The van der Waals surface area contributed by atoms with Gasteiger partial charge in [0.1, 0.15) is 23.4 Å². The lowest BCUT2D eigenvalue weighted by Gasteiger charge is -2.12. The minimum Gasteiger partial charge on any atom is -0.493 e. The number of nitriles is 2. The molecule has 0 atom stereocenters. The van der Waals surface area contributed by atoms with Gasteiger partial charge in [-0.05, 0) is 42.3 Å². The number of carbonyl (C=O) groups excluding carboxylic acids is 2. The van der Waals surface area contributed by atoms with Crippen molar-refractivity contribution in [2.45, 2.75) is 33.7 Å². The van der Waals surface area contributed by atoms with Crippen LogP contribution in [0.1, 0.15) is 57.7 Å². The first-order valence-electron chi connectivity index (χ1n) is 9.64. The Morgan fingerprint density at radius 2 is 1.75 bits per heavy atom. The molecule has 1 aliphatic heterocycles. The molecular formula is C21H17BrN6O4. The second kappa shape index (κ2) is 8.73. The number of hydrogen-bond donors (Lipinski definition) is 1. The third-order valence-electron chi connectivity index (χ3n) is 5.08. The number of pyridine rings is 1. The molecule has 32 heavy (non-hydrogen) atoms. The lowest BCUT2D eigenvalue weighted by atomic mass is 10.0. The fourth-order valence-corrected chi connectivity index (χ4v) is 4.12. The fourth-order valence-electron chi connectivity index (χ4n) is 3.45. The fraction of sp³-hybridized carbons (Fsp3) is 0.286. The van der Waals surface area contributed by atoms with Gasteiger partial charge in [0, 0.05) is 18.7 Å². The van der Waals surface area contributed by atoms with E-state index >= 15 is 0 Å². The number of aromatic nitrogens is 1. The summed E-state index contributed by atoms with van der Waals surface area (Å²) in [5.74, 6) is -1.49. The first-order chi connectivity index (χ1) is 15.2. The van der Waals surface area contributed by atoms with Gasteiger partial charge in [0.2, 0.25) is 5.88 Å². The van der Waals surface area contributed by atoms with E-state index in [1.54, 1.807) is 13.8 Å². The Labute approximate surface area is 191 Å². The van der Waals surface area contributed by atoms with Gasteiger partial charge in [-0.3, -0.25) is 23.9 Å². The van der Waals surface area contributed by atoms with Crippen molar-refractivity contribution in [3.8, 4) is 18.0 Å². The maximum absolute atomic E-state index is 12.9. The molecule has 1 aromatic heterocycles. The minimum atomic E-state index is -0.649. The number of amides is 2. The van der Waals surface area contributed by atoms with Crippen LogP contribution in [0.3, 0.4) is 0 Å². The number of benzene rings is 1. The van der Waals surface area contributed by atoms with Gasteiger partial charge in [-0.2, -0.15) is 10.5 Å². The van der Waals surface area contributed by atoms with Gasteiger partial charge in [-0.1, -0.05) is 6.92 Å². The number of aromatic hydroxyl groups is 1. The SMILES string of the molecule is CCCn1c(O)c(C#N)c(C)c(N=Nc2c(C#N)cc3c(c2Br)C(=O)N(CC)C3=O)c1=O. The summed E-state index contributed by atoms with van der Waals surface area (Å²) in [5, 5.41) is 37.3. The van der Waals surface area contributed by atoms with Gasteiger partial charge in [-0.15, -0.1) is 10.2 Å². The summed E-state index contributed by atoms with van der Waals surface area (Å²) in [4.78, 5) is 39.0. The van der Waals surface area contributed by atoms with E-state index < -0.39 is 23.3 Å². The predicted molar refractivity (Wildman–Crippen MR) is 116 cm³/mol. The molecule has 0 spiro atoms. The van der Waals surface area contributed by atoms with Crippen LogP contribution in [0.25, 0.3) is 0 Å². The standard InChI is InChI=1S/C21H17BrN6O4/c1-4-6-28-19(30)13(9-24)10(3)16(21(28)32)25-26-17-11(8-23)7-12-14(15(17)22)20(31)27(5-2)18(12)29/h7,30H,4-6H2,1-3H3. The van der Waals surface area contributed by atoms with Crippen LogP contribution in [-0.2, 0) is 6.54 Å². The smallest absolute Gasteiger partial charge is 0.281 e. The molecule has 2 aromatic rings. The van der Waals surface area contributed by atoms with Crippen molar-refractivity contribution in [1.29, 1.82) is 10.5 Å². The first kappa shape index (κ1) is 22.8. The number of azo groups is 1. The Kier molecular flexibility index (Phi) is 6.23. The number of imide groups is 1. The molecule has 0 saturated heterocycles. The van der Waals surface area contributed by atoms with E-state index in [9.17, 15) is 30.0 Å². The zero-order valence-electron chi connectivity index (χ0n) is 17.4. The number of rotatable bonds is 5. The van der Waals surface area contributed by atoms with Crippen LogP contribution in [0.15, 0.2) is 25.6 Å². The summed E-state index contributed by atoms with van der Waals surface area (Å²) in [5.41, 5.74) is -0.719. The van der Waals surface area contributed by atoms with Crippen LogP contribution in [-0.4, -0.2) is 32.9 Å². The largest absolute Gasteiger partial charge is 0.493 e. The number of hydrogen-bond acceptors (Lipinski definition) is 8. The monoisotopic (exact) mass is 496 g/mol. The molecule has 0 radical (unpaired) electrons. The second-order valence-electron chi connectivity index (χ2n) is 6.92. The van der Waals surface area contributed by atoms with Crippen molar-refractivity contribution in [3.63, 3.8) is 0 Å². The predicted octanol–water partition coefficient (Wildman–Crippen LogP) is 3.81. The van der Waals surface area contributed by atoms with E-state index in [0.29, 0.717) is 6.42 Å². The van der Waals surface area contributed by atoms with Crippen molar-refractivity contribution in [1.82, 2.24) is 9.47 Å². The molecule has 1 aliphatic rings. The Bertz CT molecular complexity index is 1350. The Morgan fingerprint density at radius 3 is 2.31 bits per heavy atom. The van der Waals surface area contributed by atoms with Crippen molar-refractivity contribution in [2.24, 2.45) is 10.2 Å². The molecule has 1 N–H and O–H groups in total. The maximum atomic E-state index is 12.9. The highest BCUT2D eigenvalue weighted by Gasteiger charge is 2.38. The molecule has 3 rings (SSSR count). The first-order valence-corrected chi connectivity index (χ1v) is 10.4. The average molecular weight is 497 g/mol. The van der Waals surface area contributed by atoms with Crippen LogP contribution in [0.5, 0.6) is 5.88 Å². The van der Waals surface area contributed by atoms with Gasteiger partial charge < -0.3 is 5.11 Å². The summed E-state index contributed by atoms with van der Waals surface area (Å²) in [6.45, 7) is 5.24. The number of carbonyl (C=O) groups is 2. The Hall–Kier alpha value is -3.83. The summed E-state index contributed by atoms with van der Waals surface area (Å²) < 4.78 is 1.14. The maximum Gasteiger partial charge on any atom is 0.281 e. The average Bonchev–Trinajstić information content (AvgIpc) is 3.01. The van der Waals surface area contributed by atoms with E-state index in [0.717, 1.165) is 9.47 Å². The third-order valence-corrected chi connectivity index (χ3v) is 5.85. The van der Waals surface area contributed by atoms with Crippen LogP contribution < -0.4 is 5.56 Å². The molecule has 11 heteroatoms. The van der Waals surface area contributed by atoms with Crippen molar-refractivity contribution >= 4 is 39.1 Å². The van der Waals surface area contributed by atoms with E-state index in [-0.39, 0.29) is 56.8 Å². The summed E-state index contributed by atoms with van der Waals surface area (Å²) in [6, 6.07) is 5.05. The second-order valence-corrected chi connectivity index (χ2v) is 7.71. The number of fused-ring (bicyclic) bond motifs is 1. The number of nitrogens with zero attached hydrogens (tertiary/aromatic N) is 6. The lowest BCUT2D eigenvalue weighted by molar-refractivity contribution is 0.0662. The highest BCUT2D eigenvalue weighted by Crippen LogP contribution is 2.40. The molecule has 2 heterocycles. The lowest BCUT2D eigenvalue weighted by Crippen LogP contribution is -2.29. The van der Waals surface area contributed by atoms with E-state index in [2.05, 4.69) is 26.2 Å². The van der Waals surface area contributed by atoms with Crippen molar-refractivity contribution in [3.05, 3.63) is 48.7 Å². The Balaban J connectivity index is 2.24. The van der Waals surface area contributed by atoms with Gasteiger partial charge in [-0.25, -0.2) is 0 Å². The van der Waals surface area contributed by atoms with Crippen LogP contribution in [0, 0.1) is 29.6 Å². The van der Waals surface area contributed by atoms with Gasteiger partial charge in [0.25, 0.3) is 17.4 Å². The van der Waals surface area contributed by atoms with Crippen LogP contribution in [0.2, 0.25) is 0 Å². The molecule has 0 fully saturated rings. The quantitative estimate of drug-likeness (QED) is 0.490. The van der Waals surface area contributed by atoms with E-state index in [1.807, 2.05) is 12.1 Å². The van der Waals surface area contributed by atoms with Crippen LogP contribution >= 0.6 is 15.9 Å². The van der Waals surface area contributed by atoms with Gasteiger partial charge in [0.05, 0.1) is 21.2 Å². The van der Waals surface area contributed by atoms with Crippen LogP contribution in [0.4, 0.5) is 11.4 Å². The van der Waals surface area contributed by atoms with Gasteiger partial charge in [0.15, 0.2) is 5.69 Å². The molecule has 2 amide bonds. The highest BCUT2D eigenvalue weighted by molar-refractivity contribution is 9.10. The minimum absolute atomic E-state index is 0.0238.